The topological polar surface area (TPSA) is 107 Å². The summed E-state index contributed by atoms with van der Waals surface area (Å²) in [5.74, 6) is -0.949. The summed E-state index contributed by atoms with van der Waals surface area (Å²) in [6.45, 7) is 0.146. The molecule has 0 aromatic rings. The molecule has 0 atom stereocenters. The van der Waals surface area contributed by atoms with E-state index in [1.165, 1.54) is 0 Å². The third kappa shape index (κ3) is 9.43. The van der Waals surface area contributed by atoms with Gasteiger partial charge in [-0.1, -0.05) is 0 Å². The van der Waals surface area contributed by atoms with E-state index in [1.54, 1.807) is 0 Å². The fourth-order valence-electron chi connectivity index (χ4n) is 1.04. The number of aliphatic carboxylic acids is 1. The molecule has 2 N–H and O–H groups in total. The van der Waals surface area contributed by atoms with Crippen LogP contribution in [0.3, 0.4) is 0 Å². The first-order valence-electron chi connectivity index (χ1n) is 5.04. The number of carboxylic acid groups (broad SMARTS) is 1. The fourth-order valence-corrected chi connectivity index (χ4v) is 2.22. The highest BCUT2D eigenvalue weighted by atomic mass is 32.2. The standard InChI is InChI=1S/C9H16N2O4S/c10-6-2-1-3-8-16(14,15)11-7-4-5-9(12)13/h11H,1-5,7-8H2,(H,12,13). The van der Waals surface area contributed by atoms with Crippen LogP contribution in [-0.2, 0) is 14.8 Å². The van der Waals surface area contributed by atoms with Gasteiger partial charge in [0.2, 0.25) is 10.0 Å². The molecule has 0 spiro atoms. The van der Waals surface area contributed by atoms with Gasteiger partial charge in [0.15, 0.2) is 0 Å². The molecule has 0 fully saturated rings. The van der Waals surface area contributed by atoms with Gasteiger partial charge in [0.25, 0.3) is 0 Å². The highest BCUT2D eigenvalue weighted by Gasteiger charge is 2.08. The smallest absolute Gasteiger partial charge is 0.303 e. The van der Waals surface area contributed by atoms with E-state index in [0.717, 1.165) is 0 Å². The summed E-state index contributed by atoms with van der Waals surface area (Å²) in [5.41, 5.74) is 0. The lowest BCUT2D eigenvalue weighted by Gasteiger charge is -2.04. The van der Waals surface area contributed by atoms with Crippen molar-refractivity contribution in [1.29, 1.82) is 5.26 Å². The maximum Gasteiger partial charge on any atom is 0.303 e. The summed E-state index contributed by atoms with van der Waals surface area (Å²) in [5, 5.41) is 16.6. The molecule has 7 heteroatoms. The van der Waals surface area contributed by atoms with E-state index in [4.69, 9.17) is 10.4 Å². The number of carboxylic acids is 1. The predicted molar refractivity (Wildman–Crippen MR) is 58.1 cm³/mol. The van der Waals surface area contributed by atoms with Crippen molar-refractivity contribution in [3.05, 3.63) is 0 Å². The van der Waals surface area contributed by atoms with Crippen LogP contribution in [-0.4, -0.2) is 31.8 Å². The minimum absolute atomic E-state index is 0.0122. The van der Waals surface area contributed by atoms with Crippen molar-refractivity contribution in [2.45, 2.75) is 32.1 Å². The van der Waals surface area contributed by atoms with Crippen LogP contribution in [0.4, 0.5) is 0 Å². The predicted octanol–water partition coefficient (Wildman–Crippen LogP) is 0.464. The summed E-state index contributed by atoms with van der Waals surface area (Å²) in [4.78, 5) is 10.2. The Morgan fingerprint density at radius 1 is 1.31 bits per heavy atom. The van der Waals surface area contributed by atoms with Gasteiger partial charge in [-0.25, -0.2) is 13.1 Å². The monoisotopic (exact) mass is 248 g/mol. The van der Waals surface area contributed by atoms with Crippen LogP contribution in [0.25, 0.3) is 0 Å². The number of nitrogens with zero attached hydrogens (tertiary/aromatic N) is 1. The van der Waals surface area contributed by atoms with E-state index >= 15 is 0 Å². The molecule has 0 saturated heterocycles. The Bertz CT molecular complexity index is 345. The van der Waals surface area contributed by atoms with Crippen LogP contribution in [0.1, 0.15) is 32.1 Å². The van der Waals surface area contributed by atoms with Gasteiger partial charge in [0.1, 0.15) is 0 Å². The number of sulfonamides is 1. The number of carbonyl (C=O) groups is 1. The molecule has 0 aromatic carbocycles. The van der Waals surface area contributed by atoms with Crippen molar-refractivity contribution >= 4 is 16.0 Å². The Labute approximate surface area is 95.3 Å². The van der Waals surface area contributed by atoms with Crippen molar-refractivity contribution in [2.75, 3.05) is 12.3 Å². The summed E-state index contributed by atoms with van der Waals surface area (Å²) in [6.07, 6.45) is 1.60. The molecule has 6 nitrogen and oxygen atoms in total. The zero-order valence-electron chi connectivity index (χ0n) is 8.98. The molecule has 0 aliphatic rings. The molecule has 0 aromatic heterocycles. The Hall–Kier alpha value is -1.13. The van der Waals surface area contributed by atoms with Gasteiger partial charge in [0, 0.05) is 19.4 Å². The summed E-state index contributed by atoms with van der Waals surface area (Å²) >= 11 is 0. The van der Waals surface area contributed by atoms with Crippen LogP contribution in [0.5, 0.6) is 0 Å². The van der Waals surface area contributed by atoms with Crippen LogP contribution in [0.2, 0.25) is 0 Å². The SMILES string of the molecule is N#CCCCCS(=O)(=O)NCCCC(=O)O. The van der Waals surface area contributed by atoms with Gasteiger partial charge in [0.05, 0.1) is 11.8 Å². The van der Waals surface area contributed by atoms with Crippen molar-refractivity contribution in [2.24, 2.45) is 0 Å². The molecule has 0 aliphatic carbocycles. The minimum atomic E-state index is -3.31. The maximum absolute atomic E-state index is 11.3. The van der Waals surface area contributed by atoms with Crippen molar-refractivity contribution in [3.63, 3.8) is 0 Å². The van der Waals surface area contributed by atoms with Gasteiger partial charge in [-0.15, -0.1) is 0 Å². The Balaban J connectivity index is 3.63. The Morgan fingerprint density at radius 3 is 2.56 bits per heavy atom. The van der Waals surface area contributed by atoms with Crippen molar-refractivity contribution < 1.29 is 18.3 Å². The number of rotatable bonds is 9. The lowest BCUT2D eigenvalue weighted by Crippen LogP contribution is -2.27. The molecule has 92 valence electrons. The van der Waals surface area contributed by atoms with Crippen molar-refractivity contribution in [3.8, 4) is 6.07 Å². The maximum atomic E-state index is 11.3. The third-order valence-electron chi connectivity index (χ3n) is 1.84. The first kappa shape index (κ1) is 14.9. The molecule has 16 heavy (non-hydrogen) atoms. The first-order chi connectivity index (χ1) is 7.48. The van der Waals surface area contributed by atoms with E-state index in [2.05, 4.69) is 4.72 Å². The van der Waals surface area contributed by atoms with E-state index in [0.29, 0.717) is 19.3 Å². The summed E-state index contributed by atoms with van der Waals surface area (Å²) in [7, 11) is -3.31. The molecule has 0 saturated carbocycles. The lowest BCUT2D eigenvalue weighted by molar-refractivity contribution is -0.137. The largest absolute Gasteiger partial charge is 0.481 e. The van der Waals surface area contributed by atoms with Crippen LogP contribution < -0.4 is 4.72 Å². The summed E-state index contributed by atoms with van der Waals surface area (Å²) < 4.78 is 24.9. The van der Waals surface area contributed by atoms with E-state index < -0.39 is 16.0 Å². The highest BCUT2D eigenvalue weighted by Crippen LogP contribution is 1.98. The average molecular weight is 248 g/mol. The van der Waals surface area contributed by atoms with Gasteiger partial charge >= 0.3 is 5.97 Å². The third-order valence-corrected chi connectivity index (χ3v) is 3.31. The Kier molecular flexibility index (Phi) is 7.50. The molecule has 0 aliphatic heterocycles. The summed E-state index contributed by atoms with van der Waals surface area (Å²) in [6, 6.07) is 1.94. The zero-order valence-corrected chi connectivity index (χ0v) is 9.79. The van der Waals surface area contributed by atoms with E-state index in [-0.39, 0.29) is 25.1 Å². The average Bonchev–Trinajstić information content (AvgIpc) is 2.19. The second kappa shape index (κ2) is 8.07. The fraction of sp³-hybridized carbons (Fsp3) is 0.778. The molecule has 0 heterocycles. The number of nitriles is 1. The number of hydrogen-bond acceptors (Lipinski definition) is 4. The highest BCUT2D eigenvalue weighted by molar-refractivity contribution is 7.89. The van der Waals surface area contributed by atoms with Gasteiger partial charge in [-0.2, -0.15) is 5.26 Å². The molecule has 0 amide bonds. The quantitative estimate of drug-likeness (QED) is 0.576. The zero-order chi connectivity index (χ0) is 12.4. The molecular formula is C9H16N2O4S. The number of hydrogen-bond donors (Lipinski definition) is 2. The Morgan fingerprint density at radius 2 is 2.00 bits per heavy atom. The van der Waals surface area contributed by atoms with E-state index in [9.17, 15) is 13.2 Å². The normalized spacial score (nSPS) is 10.9. The van der Waals surface area contributed by atoms with E-state index in [1.807, 2.05) is 6.07 Å². The van der Waals surface area contributed by atoms with Gasteiger partial charge in [-0.05, 0) is 19.3 Å². The number of nitrogens with one attached hydrogen (secondary N) is 1. The van der Waals surface area contributed by atoms with Crippen LogP contribution >= 0.6 is 0 Å². The second-order valence-corrected chi connectivity index (χ2v) is 5.25. The minimum Gasteiger partial charge on any atom is -0.481 e. The molecule has 0 bridgehead atoms. The van der Waals surface area contributed by atoms with Gasteiger partial charge < -0.3 is 5.11 Å². The molecule has 0 unspecified atom stereocenters. The first-order valence-corrected chi connectivity index (χ1v) is 6.69. The lowest BCUT2D eigenvalue weighted by atomic mass is 10.3. The van der Waals surface area contributed by atoms with Crippen LogP contribution in [0.15, 0.2) is 0 Å². The molecule has 0 radical (unpaired) electrons. The van der Waals surface area contributed by atoms with Gasteiger partial charge in [-0.3, -0.25) is 4.79 Å². The molecular weight excluding hydrogens is 232 g/mol. The van der Waals surface area contributed by atoms with Crippen molar-refractivity contribution in [1.82, 2.24) is 4.72 Å². The number of unbranched alkanes of at least 4 members (excludes halogenated alkanes) is 2. The molecule has 0 rings (SSSR count). The second-order valence-electron chi connectivity index (χ2n) is 3.33. The van der Waals surface area contributed by atoms with Crippen LogP contribution in [0, 0.1) is 11.3 Å².